The van der Waals surface area contributed by atoms with Crippen molar-refractivity contribution in [3.8, 4) is 0 Å². The summed E-state index contributed by atoms with van der Waals surface area (Å²) in [6, 6.07) is 7.45. The minimum atomic E-state index is -0.721. The van der Waals surface area contributed by atoms with E-state index in [9.17, 15) is 9.59 Å². The summed E-state index contributed by atoms with van der Waals surface area (Å²) in [6.45, 7) is 7.97. The average Bonchev–Trinajstić information content (AvgIpc) is 2.77. The third-order valence-corrected chi connectivity index (χ3v) is 4.28. The molecule has 0 aliphatic heterocycles. The van der Waals surface area contributed by atoms with Crippen molar-refractivity contribution in [2.75, 3.05) is 10.6 Å². The Bertz CT molecular complexity index is 670. The SMILES string of the molecule is Cc1nc(NC(=O)C(=O)Nc2ccc(C(C)C)cc2)sc1C. The van der Waals surface area contributed by atoms with Crippen LogP contribution in [-0.2, 0) is 9.59 Å². The number of aryl methyl sites for hydroxylation is 2. The van der Waals surface area contributed by atoms with Crippen molar-refractivity contribution in [3.63, 3.8) is 0 Å². The van der Waals surface area contributed by atoms with Gasteiger partial charge in [-0.3, -0.25) is 14.9 Å². The molecule has 0 radical (unpaired) electrons. The Morgan fingerprint density at radius 2 is 1.64 bits per heavy atom. The summed E-state index contributed by atoms with van der Waals surface area (Å²) in [5, 5.41) is 5.52. The lowest BCUT2D eigenvalue weighted by Gasteiger charge is -2.08. The quantitative estimate of drug-likeness (QED) is 0.852. The molecule has 0 aliphatic carbocycles. The summed E-state index contributed by atoms with van der Waals surface area (Å²) in [5.74, 6) is -1.01. The molecule has 0 saturated heterocycles. The highest BCUT2D eigenvalue weighted by Crippen LogP contribution is 2.21. The van der Waals surface area contributed by atoms with Gasteiger partial charge in [-0.15, -0.1) is 11.3 Å². The maximum atomic E-state index is 11.9. The highest BCUT2D eigenvalue weighted by atomic mass is 32.1. The first-order chi connectivity index (χ1) is 10.4. The van der Waals surface area contributed by atoms with Crippen molar-refractivity contribution in [2.24, 2.45) is 0 Å². The van der Waals surface area contributed by atoms with E-state index in [-0.39, 0.29) is 0 Å². The summed E-state index contributed by atoms with van der Waals surface area (Å²) in [5.41, 5.74) is 2.62. The van der Waals surface area contributed by atoms with Crippen LogP contribution in [0.1, 0.15) is 35.9 Å². The van der Waals surface area contributed by atoms with E-state index >= 15 is 0 Å². The van der Waals surface area contributed by atoms with Crippen LogP contribution in [0.4, 0.5) is 10.8 Å². The zero-order valence-corrected chi connectivity index (χ0v) is 13.9. The first-order valence-electron chi connectivity index (χ1n) is 7.03. The van der Waals surface area contributed by atoms with Gasteiger partial charge in [0.1, 0.15) is 0 Å². The Morgan fingerprint density at radius 3 is 2.14 bits per heavy atom. The molecule has 2 N–H and O–H groups in total. The number of anilines is 2. The fraction of sp³-hybridized carbons (Fsp3) is 0.312. The highest BCUT2D eigenvalue weighted by Gasteiger charge is 2.16. The molecule has 116 valence electrons. The number of benzene rings is 1. The molecule has 1 heterocycles. The lowest BCUT2D eigenvalue weighted by atomic mass is 10.0. The van der Waals surface area contributed by atoms with Gasteiger partial charge in [0.05, 0.1) is 5.69 Å². The molecule has 2 aromatic rings. The lowest BCUT2D eigenvalue weighted by molar-refractivity contribution is -0.132. The molecule has 1 aromatic carbocycles. The third kappa shape index (κ3) is 3.92. The fourth-order valence-corrected chi connectivity index (χ4v) is 2.63. The Hall–Kier alpha value is -2.21. The molecule has 0 fully saturated rings. The fourth-order valence-electron chi connectivity index (χ4n) is 1.82. The van der Waals surface area contributed by atoms with Crippen LogP contribution < -0.4 is 10.6 Å². The van der Waals surface area contributed by atoms with Gasteiger partial charge in [-0.25, -0.2) is 4.98 Å². The molecule has 5 nitrogen and oxygen atoms in total. The molecule has 0 atom stereocenters. The molecule has 2 rings (SSSR count). The third-order valence-electron chi connectivity index (χ3n) is 3.29. The summed E-state index contributed by atoms with van der Waals surface area (Å²) in [7, 11) is 0. The van der Waals surface area contributed by atoms with Crippen LogP contribution in [0.15, 0.2) is 24.3 Å². The summed E-state index contributed by atoms with van der Waals surface area (Å²) >= 11 is 1.35. The number of carbonyl (C=O) groups excluding carboxylic acids is 2. The van der Waals surface area contributed by atoms with E-state index in [1.807, 2.05) is 26.0 Å². The van der Waals surface area contributed by atoms with Gasteiger partial charge in [0.2, 0.25) is 0 Å². The number of hydrogen-bond donors (Lipinski definition) is 2. The van der Waals surface area contributed by atoms with E-state index in [2.05, 4.69) is 29.5 Å². The number of hydrogen-bond acceptors (Lipinski definition) is 4. The molecule has 22 heavy (non-hydrogen) atoms. The number of nitrogens with one attached hydrogen (secondary N) is 2. The normalized spacial score (nSPS) is 10.6. The molecule has 1 aromatic heterocycles. The smallest absolute Gasteiger partial charge is 0.315 e. The van der Waals surface area contributed by atoms with Crippen LogP contribution in [0.25, 0.3) is 0 Å². The van der Waals surface area contributed by atoms with Gasteiger partial charge in [-0.1, -0.05) is 26.0 Å². The molecule has 0 aliphatic rings. The van der Waals surface area contributed by atoms with Crippen LogP contribution in [0.5, 0.6) is 0 Å². The minimum absolute atomic E-state index is 0.421. The molecule has 0 bridgehead atoms. The van der Waals surface area contributed by atoms with Crippen molar-refractivity contribution in [3.05, 3.63) is 40.4 Å². The second-order valence-corrected chi connectivity index (χ2v) is 6.55. The molecular formula is C16H19N3O2S. The van der Waals surface area contributed by atoms with Gasteiger partial charge in [0.15, 0.2) is 5.13 Å². The van der Waals surface area contributed by atoms with Crippen LogP contribution in [0, 0.1) is 13.8 Å². The van der Waals surface area contributed by atoms with Gasteiger partial charge < -0.3 is 5.32 Å². The number of nitrogens with zero attached hydrogens (tertiary/aromatic N) is 1. The van der Waals surface area contributed by atoms with E-state index < -0.39 is 11.8 Å². The topological polar surface area (TPSA) is 71.1 Å². The monoisotopic (exact) mass is 317 g/mol. The Labute approximate surface area is 133 Å². The van der Waals surface area contributed by atoms with Crippen molar-refractivity contribution in [1.29, 1.82) is 0 Å². The zero-order chi connectivity index (χ0) is 16.3. The minimum Gasteiger partial charge on any atom is -0.318 e. The maximum absolute atomic E-state index is 11.9. The molecule has 0 unspecified atom stereocenters. The van der Waals surface area contributed by atoms with Crippen molar-refractivity contribution in [2.45, 2.75) is 33.6 Å². The van der Waals surface area contributed by atoms with Crippen LogP contribution in [0.3, 0.4) is 0 Å². The molecule has 2 amide bonds. The number of aromatic nitrogens is 1. The number of amides is 2. The van der Waals surface area contributed by atoms with Gasteiger partial charge >= 0.3 is 11.8 Å². The predicted octanol–water partition coefficient (Wildman–Crippen LogP) is 3.46. The Morgan fingerprint density at radius 1 is 1.05 bits per heavy atom. The van der Waals surface area contributed by atoms with E-state index in [4.69, 9.17) is 0 Å². The molecular weight excluding hydrogens is 298 g/mol. The summed E-state index contributed by atoms with van der Waals surface area (Å²) in [4.78, 5) is 28.9. The van der Waals surface area contributed by atoms with Crippen LogP contribution >= 0.6 is 11.3 Å². The number of rotatable bonds is 3. The molecule has 6 heteroatoms. The number of carbonyl (C=O) groups is 2. The van der Waals surface area contributed by atoms with Gasteiger partial charge in [-0.05, 0) is 37.5 Å². The number of thiazole rings is 1. The summed E-state index contributed by atoms with van der Waals surface area (Å²) < 4.78 is 0. The predicted molar refractivity (Wildman–Crippen MR) is 89.4 cm³/mol. The second-order valence-electron chi connectivity index (χ2n) is 5.35. The van der Waals surface area contributed by atoms with E-state index in [0.29, 0.717) is 16.7 Å². The van der Waals surface area contributed by atoms with Crippen molar-refractivity contribution in [1.82, 2.24) is 4.98 Å². The van der Waals surface area contributed by atoms with Crippen LogP contribution in [-0.4, -0.2) is 16.8 Å². The lowest BCUT2D eigenvalue weighted by Crippen LogP contribution is -2.29. The first kappa shape index (κ1) is 16.2. The maximum Gasteiger partial charge on any atom is 0.315 e. The Balaban J connectivity index is 1.97. The van der Waals surface area contributed by atoms with Gasteiger partial charge in [0.25, 0.3) is 0 Å². The van der Waals surface area contributed by atoms with Crippen molar-refractivity contribution < 1.29 is 9.59 Å². The molecule has 0 saturated carbocycles. The first-order valence-corrected chi connectivity index (χ1v) is 7.84. The zero-order valence-electron chi connectivity index (χ0n) is 13.1. The van der Waals surface area contributed by atoms with Gasteiger partial charge in [0, 0.05) is 10.6 Å². The largest absolute Gasteiger partial charge is 0.318 e. The Kier molecular flexibility index (Phi) is 4.92. The van der Waals surface area contributed by atoms with E-state index in [0.717, 1.165) is 10.6 Å². The van der Waals surface area contributed by atoms with Crippen LogP contribution in [0.2, 0.25) is 0 Å². The average molecular weight is 317 g/mol. The summed E-state index contributed by atoms with van der Waals surface area (Å²) in [6.07, 6.45) is 0. The highest BCUT2D eigenvalue weighted by molar-refractivity contribution is 7.15. The van der Waals surface area contributed by atoms with Gasteiger partial charge in [-0.2, -0.15) is 0 Å². The standard InChI is InChI=1S/C16H19N3O2S/c1-9(2)12-5-7-13(8-6-12)18-14(20)15(21)19-16-17-10(3)11(4)22-16/h5-9H,1-4H3,(H,18,20)(H,17,19,21). The van der Waals surface area contributed by atoms with E-state index in [1.165, 1.54) is 16.9 Å². The van der Waals surface area contributed by atoms with E-state index in [1.54, 1.807) is 12.1 Å². The molecule has 0 spiro atoms. The second kappa shape index (κ2) is 6.70. The van der Waals surface area contributed by atoms with Crippen molar-refractivity contribution >= 4 is 34.0 Å².